The minimum absolute atomic E-state index is 0.0775. The van der Waals surface area contributed by atoms with Crippen molar-refractivity contribution in [1.29, 1.82) is 5.41 Å². The first-order valence-electron chi connectivity index (χ1n) is 7.57. The number of hydrogen-bond acceptors (Lipinski definition) is 3. The van der Waals surface area contributed by atoms with E-state index in [1.807, 2.05) is 60.7 Å². The Balaban J connectivity index is 2.02. The summed E-state index contributed by atoms with van der Waals surface area (Å²) in [6.07, 6.45) is 3.48. The van der Waals surface area contributed by atoms with E-state index in [0.717, 1.165) is 33.2 Å². The predicted octanol–water partition coefficient (Wildman–Crippen LogP) is 3.81. The molecule has 5 nitrogen and oxygen atoms in total. The lowest BCUT2D eigenvalue weighted by Gasteiger charge is -2.24. The van der Waals surface area contributed by atoms with E-state index < -0.39 is 0 Å². The number of guanidine groups is 1. The highest BCUT2D eigenvalue weighted by Crippen LogP contribution is 2.34. The Morgan fingerprint density at radius 1 is 0.750 bits per heavy atom. The van der Waals surface area contributed by atoms with Crippen LogP contribution in [0.2, 0.25) is 0 Å². The van der Waals surface area contributed by atoms with Gasteiger partial charge in [0.2, 0.25) is 0 Å². The number of rotatable bonds is 2. The van der Waals surface area contributed by atoms with Crippen molar-refractivity contribution in [3.8, 4) is 0 Å². The summed E-state index contributed by atoms with van der Waals surface area (Å²) in [6.45, 7) is 0. The number of hydrogen-bond donors (Lipinski definition) is 2. The third-order valence-corrected chi connectivity index (χ3v) is 3.95. The van der Waals surface area contributed by atoms with E-state index in [0.29, 0.717) is 0 Å². The van der Waals surface area contributed by atoms with Crippen LogP contribution in [-0.2, 0) is 0 Å². The molecule has 0 bridgehead atoms. The highest BCUT2D eigenvalue weighted by Gasteiger charge is 2.18. The second-order valence-electron chi connectivity index (χ2n) is 5.43. The van der Waals surface area contributed by atoms with Crippen molar-refractivity contribution in [3.63, 3.8) is 0 Å². The topological polar surface area (TPSA) is 78.9 Å². The molecule has 0 fully saturated rings. The summed E-state index contributed by atoms with van der Waals surface area (Å²) in [6, 6.07) is 19.5. The van der Waals surface area contributed by atoms with Crippen LogP contribution in [0.25, 0.3) is 21.8 Å². The molecule has 0 unspecified atom stereocenters. The Morgan fingerprint density at radius 2 is 1.21 bits per heavy atom. The van der Waals surface area contributed by atoms with E-state index in [2.05, 4.69) is 9.97 Å². The normalized spacial score (nSPS) is 10.8. The van der Waals surface area contributed by atoms with Crippen LogP contribution in [0, 0.1) is 5.41 Å². The maximum atomic E-state index is 8.13. The fourth-order valence-corrected chi connectivity index (χ4v) is 2.93. The molecular weight excluding hydrogens is 298 g/mol. The lowest BCUT2D eigenvalue weighted by atomic mass is 10.1. The first-order valence-corrected chi connectivity index (χ1v) is 7.57. The molecule has 4 rings (SSSR count). The lowest BCUT2D eigenvalue weighted by Crippen LogP contribution is -2.32. The number of nitrogens with zero attached hydrogens (tertiary/aromatic N) is 3. The molecule has 0 aliphatic carbocycles. The van der Waals surface area contributed by atoms with E-state index in [1.165, 1.54) is 0 Å². The van der Waals surface area contributed by atoms with E-state index in [1.54, 1.807) is 17.3 Å². The highest BCUT2D eigenvalue weighted by molar-refractivity contribution is 6.11. The molecule has 0 radical (unpaired) electrons. The molecule has 2 heterocycles. The average Bonchev–Trinajstić information content (AvgIpc) is 2.62. The molecule has 3 N–H and O–H groups in total. The van der Waals surface area contributed by atoms with Crippen molar-refractivity contribution in [3.05, 3.63) is 73.1 Å². The second-order valence-corrected chi connectivity index (χ2v) is 5.43. The number of fused-ring (bicyclic) bond motifs is 2. The Kier molecular flexibility index (Phi) is 3.31. The molecular formula is C19H15N5. The molecule has 0 atom stereocenters. The van der Waals surface area contributed by atoms with Gasteiger partial charge in [-0.25, -0.2) is 0 Å². The standard InChI is InChI=1S/C19H15N5/c20-19(21)24(15-9-1-5-13-7-3-11-22-17(13)15)16-10-2-6-14-8-4-12-23-18(14)16/h1-12H,(H3,20,21). The van der Waals surface area contributed by atoms with Crippen LogP contribution >= 0.6 is 0 Å². The maximum absolute atomic E-state index is 8.13. The van der Waals surface area contributed by atoms with E-state index in [-0.39, 0.29) is 5.96 Å². The van der Waals surface area contributed by atoms with Gasteiger partial charge in [-0.1, -0.05) is 36.4 Å². The van der Waals surface area contributed by atoms with Gasteiger partial charge in [0.05, 0.1) is 22.4 Å². The second kappa shape index (κ2) is 5.62. The van der Waals surface area contributed by atoms with Gasteiger partial charge < -0.3 is 5.73 Å². The van der Waals surface area contributed by atoms with Gasteiger partial charge in [-0.05, 0) is 24.3 Å². The number of nitrogens with one attached hydrogen (secondary N) is 1. The number of benzene rings is 2. The first kappa shape index (κ1) is 14.1. The van der Waals surface area contributed by atoms with Gasteiger partial charge in [0.25, 0.3) is 0 Å². The number of para-hydroxylation sites is 2. The summed E-state index contributed by atoms with van der Waals surface area (Å²) in [5.41, 5.74) is 9.05. The van der Waals surface area contributed by atoms with Crippen LogP contribution in [0.1, 0.15) is 0 Å². The van der Waals surface area contributed by atoms with Gasteiger partial charge >= 0.3 is 0 Å². The van der Waals surface area contributed by atoms with Crippen LogP contribution in [-0.4, -0.2) is 15.9 Å². The third kappa shape index (κ3) is 2.23. The number of aromatic nitrogens is 2. The number of pyridine rings is 2. The quantitative estimate of drug-likeness (QED) is 0.435. The Bertz CT molecular complexity index is 968. The van der Waals surface area contributed by atoms with Crippen LogP contribution in [0.4, 0.5) is 11.4 Å². The van der Waals surface area contributed by atoms with Crippen LogP contribution < -0.4 is 10.6 Å². The van der Waals surface area contributed by atoms with Crippen molar-refractivity contribution in [2.75, 3.05) is 4.90 Å². The van der Waals surface area contributed by atoms with Crippen LogP contribution in [0.5, 0.6) is 0 Å². The molecule has 0 aliphatic heterocycles. The molecule has 2 aromatic carbocycles. The summed E-state index contributed by atoms with van der Waals surface area (Å²) in [4.78, 5) is 10.6. The van der Waals surface area contributed by atoms with Gasteiger partial charge in [0.15, 0.2) is 5.96 Å². The van der Waals surface area contributed by atoms with E-state index in [4.69, 9.17) is 11.1 Å². The van der Waals surface area contributed by atoms with Gasteiger partial charge in [-0.2, -0.15) is 0 Å². The smallest absolute Gasteiger partial charge is 0.197 e. The van der Waals surface area contributed by atoms with Crippen LogP contribution in [0.15, 0.2) is 73.1 Å². The largest absolute Gasteiger partial charge is 0.369 e. The molecule has 0 aliphatic rings. The predicted molar refractivity (Wildman–Crippen MR) is 97.5 cm³/mol. The Hall–Kier alpha value is -3.47. The summed E-state index contributed by atoms with van der Waals surface area (Å²) in [5, 5.41) is 10.1. The lowest BCUT2D eigenvalue weighted by molar-refractivity contribution is 1.25. The summed E-state index contributed by atoms with van der Waals surface area (Å²) in [7, 11) is 0. The van der Waals surface area contributed by atoms with E-state index >= 15 is 0 Å². The van der Waals surface area contributed by atoms with Gasteiger partial charge in [0.1, 0.15) is 0 Å². The van der Waals surface area contributed by atoms with E-state index in [9.17, 15) is 0 Å². The highest BCUT2D eigenvalue weighted by atomic mass is 15.2. The number of nitrogens with two attached hydrogens (primary N) is 1. The third-order valence-electron chi connectivity index (χ3n) is 3.95. The minimum Gasteiger partial charge on any atom is -0.369 e. The fourth-order valence-electron chi connectivity index (χ4n) is 2.93. The van der Waals surface area contributed by atoms with Gasteiger partial charge in [0, 0.05) is 23.2 Å². The van der Waals surface area contributed by atoms with Gasteiger partial charge in [-0.3, -0.25) is 20.3 Å². The monoisotopic (exact) mass is 313 g/mol. The SMILES string of the molecule is N=C(N)N(c1cccc2cccnc12)c1cccc2cccnc12. The molecule has 2 aromatic heterocycles. The van der Waals surface area contributed by atoms with Crippen molar-refractivity contribution in [1.82, 2.24) is 9.97 Å². The van der Waals surface area contributed by atoms with Crippen molar-refractivity contribution in [2.45, 2.75) is 0 Å². The van der Waals surface area contributed by atoms with Crippen molar-refractivity contribution in [2.24, 2.45) is 5.73 Å². The minimum atomic E-state index is -0.0775. The zero-order chi connectivity index (χ0) is 16.5. The molecule has 5 heteroatoms. The number of anilines is 2. The van der Waals surface area contributed by atoms with Crippen molar-refractivity contribution < 1.29 is 0 Å². The molecule has 24 heavy (non-hydrogen) atoms. The first-order chi connectivity index (χ1) is 11.8. The fraction of sp³-hybridized carbons (Fsp3) is 0. The summed E-state index contributed by atoms with van der Waals surface area (Å²) < 4.78 is 0. The Labute approximate surface area is 138 Å². The zero-order valence-electron chi connectivity index (χ0n) is 12.8. The molecule has 0 saturated heterocycles. The van der Waals surface area contributed by atoms with Crippen molar-refractivity contribution >= 4 is 39.1 Å². The summed E-state index contributed by atoms with van der Waals surface area (Å²) >= 11 is 0. The molecule has 4 aromatic rings. The molecule has 0 spiro atoms. The Morgan fingerprint density at radius 3 is 1.67 bits per heavy atom. The average molecular weight is 313 g/mol. The molecule has 0 saturated carbocycles. The zero-order valence-corrected chi connectivity index (χ0v) is 12.8. The van der Waals surface area contributed by atoms with Gasteiger partial charge in [-0.15, -0.1) is 0 Å². The van der Waals surface area contributed by atoms with Crippen LogP contribution in [0.3, 0.4) is 0 Å². The maximum Gasteiger partial charge on any atom is 0.197 e. The molecule has 116 valence electrons. The summed E-state index contributed by atoms with van der Waals surface area (Å²) in [5.74, 6) is -0.0775. The molecule has 0 amide bonds.